The van der Waals surface area contributed by atoms with Gasteiger partial charge >= 0.3 is 0 Å². The zero-order valence-corrected chi connectivity index (χ0v) is 19.3. The van der Waals surface area contributed by atoms with Crippen LogP contribution in [0.5, 0.6) is 5.75 Å². The van der Waals surface area contributed by atoms with Crippen LogP contribution in [0.4, 0.5) is 11.4 Å². The topological polar surface area (TPSA) is 79.0 Å². The van der Waals surface area contributed by atoms with E-state index in [1.54, 1.807) is 24.3 Å². The number of nitrogens with zero attached hydrogens (tertiary/aromatic N) is 2. The van der Waals surface area contributed by atoms with Crippen LogP contribution in [-0.2, 0) is 16.6 Å². The molecule has 8 heteroatoms. The van der Waals surface area contributed by atoms with Gasteiger partial charge in [-0.25, -0.2) is 8.42 Å². The van der Waals surface area contributed by atoms with Gasteiger partial charge in [0.15, 0.2) is 0 Å². The van der Waals surface area contributed by atoms with Crippen LogP contribution in [0.2, 0.25) is 0 Å². The van der Waals surface area contributed by atoms with E-state index in [1.165, 1.54) is 10.6 Å². The van der Waals surface area contributed by atoms with Gasteiger partial charge in [-0.15, -0.1) is 0 Å². The molecule has 1 saturated heterocycles. The smallest absolute Gasteiger partial charge is 0.255 e. The summed E-state index contributed by atoms with van der Waals surface area (Å²) in [4.78, 5) is 15.0. The highest BCUT2D eigenvalue weighted by atomic mass is 32.2. The lowest BCUT2D eigenvalue weighted by Crippen LogP contribution is -2.48. The van der Waals surface area contributed by atoms with E-state index in [-0.39, 0.29) is 5.91 Å². The molecule has 33 heavy (non-hydrogen) atoms. The highest BCUT2D eigenvalue weighted by Crippen LogP contribution is 2.27. The van der Waals surface area contributed by atoms with Crippen molar-refractivity contribution in [3.05, 3.63) is 90.0 Å². The Hall–Kier alpha value is -3.36. The van der Waals surface area contributed by atoms with E-state index in [4.69, 9.17) is 4.74 Å². The van der Waals surface area contributed by atoms with E-state index in [9.17, 15) is 13.2 Å². The first-order valence-electron chi connectivity index (χ1n) is 10.8. The van der Waals surface area contributed by atoms with E-state index in [0.29, 0.717) is 49.8 Å². The molecule has 7 nitrogen and oxygen atoms in total. The van der Waals surface area contributed by atoms with Crippen molar-refractivity contribution in [3.63, 3.8) is 0 Å². The molecule has 0 radical (unpaired) electrons. The molecule has 4 rings (SSSR count). The minimum Gasteiger partial charge on any atom is -0.489 e. The number of carbonyl (C=O) groups excluding carboxylic acids is 1. The highest BCUT2D eigenvalue weighted by Gasteiger charge is 2.24. The molecular weight excluding hydrogens is 438 g/mol. The first-order valence-corrected chi connectivity index (χ1v) is 12.6. The van der Waals surface area contributed by atoms with E-state index < -0.39 is 10.0 Å². The lowest BCUT2D eigenvalue weighted by atomic mass is 10.1. The van der Waals surface area contributed by atoms with E-state index >= 15 is 0 Å². The van der Waals surface area contributed by atoms with Crippen molar-refractivity contribution in [2.75, 3.05) is 42.7 Å². The van der Waals surface area contributed by atoms with Gasteiger partial charge in [0.05, 0.1) is 17.6 Å². The van der Waals surface area contributed by atoms with Gasteiger partial charge in [0.25, 0.3) is 5.91 Å². The quantitative estimate of drug-likeness (QED) is 0.577. The highest BCUT2D eigenvalue weighted by molar-refractivity contribution is 7.88. The fourth-order valence-corrected chi connectivity index (χ4v) is 4.58. The molecule has 3 aromatic carbocycles. The number of carbonyl (C=O) groups is 1. The van der Waals surface area contributed by atoms with Crippen LogP contribution < -0.4 is 15.0 Å². The van der Waals surface area contributed by atoms with Crippen LogP contribution in [0.25, 0.3) is 0 Å². The van der Waals surface area contributed by atoms with Crippen LogP contribution >= 0.6 is 0 Å². The van der Waals surface area contributed by atoms with Crippen molar-refractivity contribution in [1.82, 2.24) is 4.31 Å². The number of ether oxygens (including phenoxy) is 1. The lowest BCUT2D eigenvalue weighted by molar-refractivity contribution is 0.102. The second-order valence-corrected chi connectivity index (χ2v) is 9.90. The van der Waals surface area contributed by atoms with Gasteiger partial charge in [-0.05, 0) is 42.0 Å². The van der Waals surface area contributed by atoms with Crippen LogP contribution in [0, 0.1) is 0 Å². The molecule has 1 amide bonds. The molecule has 1 aliphatic rings. The summed E-state index contributed by atoms with van der Waals surface area (Å²) >= 11 is 0. The summed E-state index contributed by atoms with van der Waals surface area (Å²) in [7, 11) is -3.19. The summed E-state index contributed by atoms with van der Waals surface area (Å²) in [6.07, 6.45) is 1.23. The Morgan fingerprint density at radius 1 is 0.879 bits per heavy atom. The molecule has 172 valence electrons. The summed E-state index contributed by atoms with van der Waals surface area (Å²) in [5, 5.41) is 2.99. The van der Waals surface area contributed by atoms with Gasteiger partial charge in [-0.2, -0.15) is 4.31 Å². The van der Waals surface area contributed by atoms with E-state index in [1.807, 2.05) is 54.6 Å². The molecule has 1 heterocycles. The minimum atomic E-state index is -3.19. The third-order valence-electron chi connectivity index (χ3n) is 5.57. The van der Waals surface area contributed by atoms with Crippen molar-refractivity contribution in [2.45, 2.75) is 6.61 Å². The molecular formula is C25H27N3O4S. The van der Waals surface area contributed by atoms with Crippen molar-refractivity contribution >= 4 is 27.3 Å². The fourth-order valence-electron chi connectivity index (χ4n) is 3.75. The summed E-state index contributed by atoms with van der Waals surface area (Å²) in [6, 6.07) is 24.5. The van der Waals surface area contributed by atoms with Gasteiger partial charge in [0, 0.05) is 31.7 Å². The van der Waals surface area contributed by atoms with Gasteiger partial charge in [-0.3, -0.25) is 4.79 Å². The predicted octanol–water partition coefficient (Wildman–Crippen LogP) is 3.60. The van der Waals surface area contributed by atoms with Gasteiger partial charge in [0.1, 0.15) is 12.4 Å². The second kappa shape index (κ2) is 10.1. The first-order chi connectivity index (χ1) is 15.9. The molecule has 0 bridgehead atoms. The average Bonchev–Trinajstić information content (AvgIpc) is 2.83. The Bertz CT molecular complexity index is 1190. The molecule has 0 saturated carbocycles. The summed E-state index contributed by atoms with van der Waals surface area (Å²) in [6.45, 7) is 2.43. The monoisotopic (exact) mass is 465 g/mol. The number of nitrogens with one attached hydrogen (secondary N) is 1. The van der Waals surface area contributed by atoms with Crippen molar-refractivity contribution in [3.8, 4) is 5.75 Å². The maximum absolute atomic E-state index is 12.9. The van der Waals surface area contributed by atoms with Crippen molar-refractivity contribution in [2.24, 2.45) is 0 Å². The Kier molecular flexibility index (Phi) is 6.96. The normalized spacial score (nSPS) is 14.6. The molecule has 0 aliphatic carbocycles. The molecule has 0 aromatic heterocycles. The number of para-hydroxylation sites is 2. The van der Waals surface area contributed by atoms with Crippen molar-refractivity contribution in [1.29, 1.82) is 0 Å². The van der Waals surface area contributed by atoms with Crippen molar-refractivity contribution < 1.29 is 17.9 Å². The van der Waals surface area contributed by atoms with Crippen LogP contribution in [-0.4, -0.2) is 51.1 Å². The number of benzene rings is 3. The average molecular weight is 466 g/mol. The number of piperazine rings is 1. The van der Waals surface area contributed by atoms with E-state index in [0.717, 1.165) is 11.3 Å². The zero-order chi connectivity index (χ0) is 23.3. The maximum Gasteiger partial charge on any atom is 0.255 e. The molecule has 1 N–H and O–H groups in total. The molecule has 0 atom stereocenters. The number of anilines is 2. The van der Waals surface area contributed by atoms with Gasteiger partial charge in [0.2, 0.25) is 10.0 Å². The SMILES string of the molecule is CS(=O)(=O)N1CCN(c2ccccc2NC(=O)c2ccc(OCc3ccccc3)cc2)CC1. The first kappa shape index (κ1) is 22.8. The Morgan fingerprint density at radius 3 is 2.18 bits per heavy atom. The van der Waals surface area contributed by atoms with Crippen LogP contribution in [0.15, 0.2) is 78.9 Å². The van der Waals surface area contributed by atoms with E-state index in [2.05, 4.69) is 10.2 Å². The Labute approximate surface area is 194 Å². The largest absolute Gasteiger partial charge is 0.489 e. The number of amides is 1. The number of hydrogen-bond acceptors (Lipinski definition) is 5. The summed E-state index contributed by atoms with van der Waals surface area (Å²) in [5.74, 6) is 0.478. The fraction of sp³-hybridized carbons (Fsp3) is 0.240. The molecule has 3 aromatic rings. The third kappa shape index (κ3) is 5.91. The van der Waals surface area contributed by atoms with Crippen LogP contribution in [0.3, 0.4) is 0 Å². The standard InChI is InChI=1S/C25H27N3O4S/c1-33(30,31)28-17-15-27(16-18-28)24-10-6-5-9-23(24)26-25(29)21-11-13-22(14-12-21)32-19-20-7-3-2-4-8-20/h2-14H,15-19H2,1H3,(H,26,29). The number of hydrogen-bond donors (Lipinski definition) is 1. The minimum absolute atomic E-state index is 0.216. The number of rotatable bonds is 7. The third-order valence-corrected chi connectivity index (χ3v) is 6.87. The van der Waals surface area contributed by atoms with Gasteiger partial charge in [-0.1, -0.05) is 42.5 Å². The predicted molar refractivity (Wildman–Crippen MR) is 130 cm³/mol. The zero-order valence-electron chi connectivity index (χ0n) is 18.5. The molecule has 0 spiro atoms. The Morgan fingerprint density at radius 2 is 1.52 bits per heavy atom. The van der Waals surface area contributed by atoms with Crippen LogP contribution in [0.1, 0.15) is 15.9 Å². The summed E-state index contributed by atoms with van der Waals surface area (Å²) in [5.41, 5.74) is 3.17. The maximum atomic E-state index is 12.9. The second-order valence-electron chi connectivity index (χ2n) is 7.92. The van der Waals surface area contributed by atoms with Gasteiger partial charge < -0.3 is 15.0 Å². The molecule has 1 aliphatic heterocycles. The molecule has 0 unspecified atom stereocenters. The summed E-state index contributed by atoms with van der Waals surface area (Å²) < 4.78 is 30.8. The Balaban J connectivity index is 1.39. The molecule has 1 fully saturated rings. The lowest BCUT2D eigenvalue weighted by Gasteiger charge is -2.35. The number of sulfonamides is 1.